The molecule has 1 fully saturated rings. The fourth-order valence-electron chi connectivity index (χ4n) is 5.62. The van der Waals surface area contributed by atoms with Gasteiger partial charge in [0.25, 0.3) is 0 Å². The first-order valence-electron chi connectivity index (χ1n) is 12.9. The van der Waals surface area contributed by atoms with Gasteiger partial charge in [-0.15, -0.1) is 11.3 Å². The topological polar surface area (TPSA) is 66.5 Å². The molecule has 10 heteroatoms. The third-order valence-electron chi connectivity index (χ3n) is 7.60. The van der Waals surface area contributed by atoms with E-state index >= 15 is 0 Å². The van der Waals surface area contributed by atoms with Gasteiger partial charge in [-0.2, -0.15) is 13.2 Å². The Morgan fingerprint density at radius 1 is 1.14 bits per heavy atom. The first-order valence-corrected chi connectivity index (χ1v) is 15.4. The number of fused-ring (bicyclic) bond motifs is 1. The van der Waals surface area contributed by atoms with E-state index in [2.05, 4.69) is 24.1 Å². The van der Waals surface area contributed by atoms with Gasteiger partial charge >= 0.3 is 6.18 Å². The van der Waals surface area contributed by atoms with Crippen LogP contribution in [0.25, 0.3) is 0 Å². The summed E-state index contributed by atoms with van der Waals surface area (Å²) in [4.78, 5) is 16.6. The van der Waals surface area contributed by atoms with E-state index in [1.165, 1.54) is 10.4 Å². The number of nitrogens with zero attached hydrogens (tertiary/aromatic N) is 1. The second kappa shape index (κ2) is 11.1. The fraction of sp³-hybridized carbons (Fsp3) is 0.593. The zero-order valence-corrected chi connectivity index (χ0v) is 23.1. The minimum Gasteiger partial charge on any atom is -0.317 e. The second-order valence-electron chi connectivity index (χ2n) is 10.7. The quantitative estimate of drug-likeness (QED) is 0.398. The molecule has 2 heterocycles. The number of sulfone groups is 1. The highest BCUT2D eigenvalue weighted by Gasteiger charge is 2.42. The van der Waals surface area contributed by atoms with E-state index in [0.717, 1.165) is 23.7 Å². The van der Waals surface area contributed by atoms with E-state index < -0.39 is 21.9 Å². The summed E-state index contributed by atoms with van der Waals surface area (Å²) in [6, 6.07) is 8.64. The molecule has 5 nitrogen and oxygen atoms in total. The SMILES string of the molecule is CCS(=O)(=O)c1ccc(CC(=O)Nc2cc3c(s2)[C@H](C(C)C)N(CC2CCC(C(F)(F)F)CC2)C3)cc1. The van der Waals surface area contributed by atoms with Gasteiger partial charge in [0.1, 0.15) is 0 Å². The largest absolute Gasteiger partial charge is 0.391 e. The molecular formula is C27H35F3N2O3S2. The third kappa shape index (κ3) is 6.57. The Morgan fingerprint density at radius 3 is 2.35 bits per heavy atom. The lowest BCUT2D eigenvalue weighted by atomic mass is 9.81. The average molecular weight is 557 g/mol. The van der Waals surface area contributed by atoms with E-state index in [1.807, 2.05) is 6.07 Å². The molecule has 37 heavy (non-hydrogen) atoms. The number of thiophene rings is 1. The number of amides is 1. The number of anilines is 1. The predicted molar refractivity (Wildman–Crippen MR) is 140 cm³/mol. The maximum absolute atomic E-state index is 13.0. The van der Waals surface area contributed by atoms with Crippen molar-refractivity contribution in [1.29, 1.82) is 0 Å². The maximum Gasteiger partial charge on any atom is 0.391 e. The van der Waals surface area contributed by atoms with Gasteiger partial charge in [-0.1, -0.05) is 32.9 Å². The molecule has 1 atom stereocenters. The molecule has 0 unspecified atom stereocenters. The highest BCUT2D eigenvalue weighted by molar-refractivity contribution is 7.91. The van der Waals surface area contributed by atoms with E-state index in [0.29, 0.717) is 18.8 Å². The second-order valence-corrected chi connectivity index (χ2v) is 14.0. The number of hydrogen-bond acceptors (Lipinski definition) is 5. The predicted octanol–water partition coefficient (Wildman–Crippen LogP) is 6.60. The first-order chi connectivity index (χ1) is 17.4. The molecule has 0 radical (unpaired) electrons. The number of halogens is 3. The number of carbonyl (C=O) groups excluding carboxylic acids is 1. The van der Waals surface area contributed by atoms with Crippen LogP contribution >= 0.6 is 11.3 Å². The van der Waals surface area contributed by atoms with Crippen LogP contribution in [-0.2, 0) is 27.6 Å². The molecule has 2 aliphatic rings. The van der Waals surface area contributed by atoms with Crippen LogP contribution in [0.2, 0.25) is 0 Å². The minimum atomic E-state index is -4.08. The summed E-state index contributed by atoms with van der Waals surface area (Å²) in [6.07, 6.45) is -2.25. The van der Waals surface area contributed by atoms with Crippen molar-refractivity contribution in [3.63, 3.8) is 0 Å². The van der Waals surface area contributed by atoms with Crippen LogP contribution in [0.5, 0.6) is 0 Å². The molecule has 0 bridgehead atoms. The van der Waals surface area contributed by atoms with E-state index in [-0.39, 0.29) is 47.8 Å². The molecule has 0 spiro atoms. The van der Waals surface area contributed by atoms with E-state index in [1.54, 1.807) is 42.5 Å². The van der Waals surface area contributed by atoms with Gasteiger partial charge in [-0.25, -0.2) is 8.42 Å². The molecule has 4 rings (SSSR count). The zero-order chi connectivity index (χ0) is 27.0. The highest BCUT2D eigenvalue weighted by Crippen LogP contribution is 2.47. The van der Waals surface area contributed by atoms with Crippen LogP contribution < -0.4 is 5.32 Å². The Labute approximate surface area is 221 Å². The van der Waals surface area contributed by atoms with Crippen molar-refractivity contribution in [3.05, 3.63) is 46.3 Å². The molecule has 1 aromatic heterocycles. The van der Waals surface area contributed by atoms with Gasteiger partial charge < -0.3 is 5.32 Å². The van der Waals surface area contributed by atoms with Gasteiger partial charge in [0.2, 0.25) is 5.91 Å². The summed E-state index contributed by atoms with van der Waals surface area (Å²) >= 11 is 1.57. The van der Waals surface area contributed by atoms with E-state index in [9.17, 15) is 26.4 Å². The van der Waals surface area contributed by atoms with Gasteiger partial charge in [0, 0.05) is 24.0 Å². The normalized spacial score (nSPS) is 22.8. The van der Waals surface area contributed by atoms with Gasteiger partial charge in [0.15, 0.2) is 9.84 Å². The molecule has 1 saturated carbocycles. The minimum absolute atomic E-state index is 0.0316. The lowest BCUT2D eigenvalue weighted by molar-refractivity contribution is -0.184. The number of benzene rings is 1. The standard InChI is InChI=1S/C27H35F3N2O3S2/c1-4-37(34,35)22-11-7-18(8-12-22)13-23(33)31-24-14-20-16-32(25(17(2)3)26(20)36-24)15-19-5-9-21(10-6-19)27(28,29)30/h7-8,11-12,14,17,19,21,25H,4-6,9-10,13,15-16H2,1-3H3,(H,31,33)/t19?,21?,25-/m0/s1. The van der Waals surface area contributed by atoms with Crippen LogP contribution in [-0.4, -0.2) is 37.7 Å². The van der Waals surface area contributed by atoms with Crippen molar-refractivity contribution < 1.29 is 26.4 Å². The molecule has 1 N–H and O–H groups in total. The van der Waals surface area contributed by atoms with E-state index in [4.69, 9.17) is 0 Å². The fourth-order valence-corrected chi connectivity index (χ4v) is 7.90. The summed E-state index contributed by atoms with van der Waals surface area (Å²) in [5, 5.41) is 3.77. The van der Waals surface area contributed by atoms with Gasteiger partial charge in [-0.05, 0) is 66.8 Å². The number of rotatable bonds is 8. The Bertz CT molecular complexity index is 1200. The van der Waals surface area contributed by atoms with Crippen LogP contribution in [0.1, 0.15) is 68.5 Å². The van der Waals surface area contributed by atoms with Gasteiger partial charge in [0.05, 0.1) is 28.0 Å². The smallest absolute Gasteiger partial charge is 0.317 e. The van der Waals surface area contributed by atoms with Crippen molar-refractivity contribution in [3.8, 4) is 0 Å². The molecule has 1 amide bonds. The van der Waals surface area contributed by atoms with Crippen molar-refractivity contribution in [2.45, 2.75) is 76.5 Å². The van der Waals surface area contributed by atoms with Crippen LogP contribution in [0.15, 0.2) is 35.2 Å². The first kappa shape index (κ1) is 28.1. The lowest BCUT2D eigenvalue weighted by Crippen LogP contribution is -2.35. The number of hydrogen-bond donors (Lipinski definition) is 1. The Kier molecular flexibility index (Phi) is 8.40. The highest BCUT2D eigenvalue weighted by atomic mass is 32.2. The molecule has 0 saturated heterocycles. The lowest BCUT2D eigenvalue weighted by Gasteiger charge is -2.35. The molecular weight excluding hydrogens is 521 g/mol. The summed E-state index contributed by atoms with van der Waals surface area (Å²) in [7, 11) is -3.27. The number of nitrogens with one attached hydrogen (secondary N) is 1. The number of alkyl halides is 3. The van der Waals surface area contributed by atoms with Crippen molar-refractivity contribution in [1.82, 2.24) is 4.90 Å². The Hall–Kier alpha value is -1.91. The number of carbonyl (C=O) groups is 1. The molecule has 1 aliphatic carbocycles. The Morgan fingerprint density at radius 2 is 1.78 bits per heavy atom. The molecule has 1 aliphatic heterocycles. The van der Waals surface area contributed by atoms with Crippen LogP contribution in [0.3, 0.4) is 0 Å². The average Bonchev–Trinajstić information content (AvgIpc) is 3.35. The zero-order valence-electron chi connectivity index (χ0n) is 21.5. The van der Waals surface area contributed by atoms with Crippen LogP contribution in [0.4, 0.5) is 18.2 Å². The molecule has 1 aromatic carbocycles. The third-order valence-corrected chi connectivity index (χ3v) is 10.5. The van der Waals surface area contributed by atoms with Crippen LogP contribution in [0, 0.1) is 17.8 Å². The summed E-state index contributed by atoms with van der Waals surface area (Å²) < 4.78 is 63.1. The molecule has 204 valence electrons. The summed E-state index contributed by atoms with van der Waals surface area (Å²) in [6.45, 7) is 7.47. The Balaban J connectivity index is 1.35. The van der Waals surface area contributed by atoms with Crippen molar-refractivity contribution in [2.75, 3.05) is 17.6 Å². The maximum atomic E-state index is 13.0. The van der Waals surface area contributed by atoms with Crippen molar-refractivity contribution in [2.24, 2.45) is 17.8 Å². The van der Waals surface area contributed by atoms with Gasteiger partial charge in [-0.3, -0.25) is 9.69 Å². The summed E-state index contributed by atoms with van der Waals surface area (Å²) in [5.41, 5.74) is 1.92. The molecule has 2 aromatic rings. The monoisotopic (exact) mass is 556 g/mol. The van der Waals surface area contributed by atoms with Crippen molar-refractivity contribution >= 4 is 32.1 Å². The summed E-state index contributed by atoms with van der Waals surface area (Å²) in [5.74, 6) is -0.660.